The topological polar surface area (TPSA) is 50.8 Å². The van der Waals surface area contributed by atoms with Gasteiger partial charge in [0.2, 0.25) is 0 Å². The SMILES string of the molecule is COCCC1(Cn2c(CCl)nc3c(C#N)cccc32)CC1. The van der Waals surface area contributed by atoms with Gasteiger partial charge in [-0.05, 0) is 36.8 Å². The fraction of sp³-hybridized carbons (Fsp3) is 0.500. The van der Waals surface area contributed by atoms with Crippen molar-refractivity contribution >= 4 is 22.6 Å². The minimum absolute atomic E-state index is 0.313. The maximum Gasteiger partial charge on any atom is 0.124 e. The third-order valence-electron chi connectivity index (χ3n) is 4.39. The number of ether oxygens (including phenoxy) is 1. The van der Waals surface area contributed by atoms with Gasteiger partial charge in [0.05, 0.1) is 17.0 Å². The smallest absolute Gasteiger partial charge is 0.124 e. The van der Waals surface area contributed by atoms with Crippen LogP contribution in [0.4, 0.5) is 0 Å². The highest BCUT2D eigenvalue weighted by Crippen LogP contribution is 2.50. The summed E-state index contributed by atoms with van der Waals surface area (Å²) in [5.41, 5.74) is 2.69. The van der Waals surface area contributed by atoms with E-state index in [9.17, 15) is 5.26 Å². The highest BCUT2D eigenvalue weighted by Gasteiger charge is 2.43. The molecule has 0 N–H and O–H groups in total. The number of aromatic nitrogens is 2. The number of para-hydroxylation sites is 1. The van der Waals surface area contributed by atoms with Crippen molar-refractivity contribution in [2.24, 2.45) is 5.41 Å². The molecule has 1 aromatic carbocycles. The largest absolute Gasteiger partial charge is 0.385 e. The molecule has 0 atom stereocenters. The van der Waals surface area contributed by atoms with Crippen molar-refractivity contribution in [2.45, 2.75) is 31.7 Å². The number of imidazole rings is 1. The molecule has 0 saturated heterocycles. The molecule has 4 nitrogen and oxygen atoms in total. The molecule has 1 fully saturated rings. The number of methoxy groups -OCH3 is 1. The van der Waals surface area contributed by atoms with Crippen molar-refractivity contribution in [3.63, 3.8) is 0 Å². The molecule has 21 heavy (non-hydrogen) atoms. The molecule has 0 spiro atoms. The van der Waals surface area contributed by atoms with Gasteiger partial charge in [0.15, 0.2) is 0 Å². The van der Waals surface area contributed by atoms with Gasteiger partial charge >= 0.3 is 0 Å². The van der Waals surface area contributed by atoms with Crippen LogP contribution in [-0.4, -0.2) is 23.3 Å². The van der Waals surface area contributed by atoms with Crippen molar-refractivity contribution in [2.75, 3.05) is 13.7 Å². The van der Waals surface area contributed by atoms with Crippen LogP contribution in [0.3, 0.4) is 0 Å². The number of fused-ring (bicyclic) bond motifs is 1. The first-order valence-corrected chi connectivity index (χ1v) is 7.69. The molecule has 1 aliphatic rings. The van der Waals surface area contributed by atoms with E-state index in [0.717, 1.165) is 36.4 Å². The Labute approximate surface area is 129 Å². The Kier molecular flexibility index (Phi) is 3.88. The molecule has 0 radical (unpaired) electrons. The lowest BCUT2D eigenvalue weighted by atomic mass is 10.0. The summed E-state index contributed by atoms with van der Waals surface area (Å²) in [6, 6.07) is 7.94. The Morgan fingerprint density at radius 1 is 1.48 bits per heavy atom. The number of benzene rings is 1. The lowest BCUT2D eigenvalue weighted by Crippen LogP contribution is -2.15. The maximum absolute atomic E-state index is 9.22. The molecule has 0 amide bonds. The van der Waals surface area contributed by atoms with Crippen LogP contribution in [0.1, 0.15) is 30.7 Å². The van der Waals surface area contributed by atoms with Crippen molar-refractivity contribution in [1.29, 1.82) is 5.26 Å². The molecule has 110 valence electrons. The van der Waals surface area contributed by atoms with E-state index < -0.39 is 0 Å². The second kappa shape index (κ2) is 5.67. The van der Waals surface area contributed by atoms with Gasteiger partial charge < -0.3 is 9.30 Å². The van der Waals surface area contributed by atoms with Gasteiger partial charge in [-0.25, -0.2) is 4.98 Å². The van der Waals surface area contributed by atoms with Crippen LogP contribution >= 0.6 is 11.6 Å². The number of nitriles is 1. The predicted octanol–water partition coefficient (Wildman–Crippen LogP) is 3.46. The minimum Gasteiger partial charge on any atom is -0.385 e. The highest BCUT2D eigenvalue weighted by atomic mass is 35.5. The zero-order valence-electron chi connectivity index (χ0n) is 12.1. The van der Waals surface area contributed by atoms with Crippen LogP contribution in [0.5, 0.6) is 0 Å². The summed E-state index contributed by atoms with van der Waals surface area (Å²) in [5.74, 6) is 1.21. The molecule has 1 aliphatic carbocycles. The van der Waals surface area contributed by atoms with Gasteiger partial charge in [-0.15, -0.1) is 11.6 Å². The second-order valence-corrected chi connectivity index (χ2v) is 6.04. The minimum atomic E-state index is 0.313. The number of nitrogens with zero attached hydrogens (tertiary/aromatic N) is 3. The van der Waals surface area contributed by atoms with Crippen LogP contribution in [0, 0.1) is 16.7 Å². The third-order valence-corrected chi connectivity index (χ3v) is 4.62. The van der Waals surface area contributed by atoms with E-state index >= 15 is 0 Å². The van der Waals surface area contributed by atoms with Gasteiger partial charge in [0.25, 0.3) is 0 Å². The monoisotopic (exact) mass is 303 g/mol. The summed E-state index contributed by atoms with van der Waals surface area (Å²) >= 11 is 6.06. The molecule has 5 heteroatoms. The van der Waals surface area contributed by atoms with Crippen molar-refractivity contribution < 1.29 is 4.74 Å². The fourth-order valence-corrected chi connectivity index (χ4v) is 3.09. The number of alkyl halides is 1. The summed E-state index contributed by atoms with van der Waals surface area (Å²) in [4.78, 5) is 4.57. The summed E-state index contributed by atoms with van der Waals surface area (Å²) < 4.78 is 7.41. The van der Waals surface area contributed by atoms with Gasteiger partial charge in [-0.2, -0.15) is 5.26 Å². The van der Waals surface area contributed by atoms with E-state index in [1.54, 1.807) is 13.2 Å². The Hall–Kier alpha value is -1.57. The molecule has 0 bridgehead atoms. The quantitative estimate of drug-likeness (QED) is 0.768. The fourth-order valence-electron chi connectivity index (χ4n) is 2.88. The van der Waals surface area contributed by atoms with Gasteiger partial charge in [-0.1, -0.05) is 6.07 Å². The van der Waals surface area contributed by atoms with E-state index in [1.165, 1.54) is 12.8 Å². The number of hydrogen-bond donors (Lipinski definition) is 0. The number of hydrogen-bond acceptors (Lipinski definition) is 3. The molecular weight excluding hydrogens is 286 g/mol. The van der Waals surface area contributed by atoms with Gasteiger partial charge in [-0.3, -0.25) is 0 Å². The highest BCUT2D eigenvalue weighted by molar-refractivity contribution is 6.16. The summed E-state index contributed by atoms with van der Waals surface area (Å²) in [7, 11) is 1.74. The Morgan fingerprint density at radius 3 is 2.90 bits per heavy atom. The molecule has 3 rings (SSSR count). The molecular formula is C16H18ClN3O. The van der Waals surface area contributed by atoms with Crippen molar-refractivity contribution in [3.8, 4) is 6.07 Å². The zero-order valence-corrected chi connectivity index (χ0v) is 12.9. The normalized spacial score (nSPS) is 16.0. The van der Waals surface area contributed by atoms with E-state index in [2.05, 4.69) is 15.6 Å². The lowest BCUT2D eigenvalue weighted by Gasteiger charge is -2.17. The molecule has 1 heterocycles. The van der Waals surface area contributed by atoms with Gasteiger partial charge in [0, 0.05) is 20.3 Å². The van der Waals surface area contributed by atoms with E-state index in [1.807, 2.05) is 12.1 Å². The first-order chi connectivity index (χ1) is 10.2. The first kappa shape index (κ1) is 14.4. The molecule has 0 aliphatic heterocycles. The average molecular weight is 304 g/mol. The Bertz CT molecular complexity index is 697. The molecule has 1 aromatic heterocycles. The van der Waals surface area contributed by atoms with Gasteiger partial charge in [0.1, 0.15) is 17.4 Å². The average Bonchev–Trinajstić information content (AvgIpc) is 3.19. The molecule has 2 aromatic rings. The lowest BCUT2D eigenvalue weighted by molar-refractivity contribution is 0.167. The van der Waals surface area contributed by atoms with Crippen LogP contribution in [0.15, 0.2) is 18.2 Å². The maximum atomic E-state index is 9.22. The van der Waals surface area contributed by atoms with Crippen LogP contribution in [0.25, 0.3) is 11.0 Å². The first-order valence-electron chi connectivity index (χ1n) is 7.16. The number of halogens is 1. The standard InChI is InChI=1S/C16H18ClN3O/c1-21-8-7-16(5-6-16)11-20-13-4-2-3-12(10-18)15(13)19-14(20)9-17/h2-4H,5-9,11H2,1H3. The summed E-state index contributed by atoms with van der Waals surface area (Å²) in [6.07, 6.45) is 3.49. The predicted molar refractivity (Wildman–Crippen MR) is 82.2 cm³/mol. The summed E-state index contributed by atoms with van der Waals surface area (Å²) in [5, 5.41) is 9.22. The van der Waals surface area contributed by atoms with E-state index in [4.69, 9.17) is 16.3 Å². The van der Waals surface area contributed by atoms with E-state index in [-0.39, 0.29) is 0 Å². The van der Waals surface area contributed by atoms with E-state index in [0.29, 0.717) is 16.9 Å². The number of rotatable bonds is 6. The summed E-state index contributed by atoms with van der Waals surface area (Å²) in [6.45, 7) is 1.69. The Balaban J connectivity index is 2.00. The second-order valence-electron chi connectivity index (χ2n) is 5.78. The van der Waals surface area contributed by atoms with Crippen molar-refractivity contribution in [1.82, 2.24) is 9.55 Å². The molecule has 0 unspecified atom stereocenters. The Morgan fingerprint density at radius 2 is 2.29 bits per heavy atom. The van der Waals surface area contributed by atoms with Crippen LogP contribution in [0.2, 0.25) is 0 Å². The van der Waals surface area contributed by atoms with Crippen LogP contribution in [-0.2, 0) is 17.2 Å². The van der Waals surface area contributed by atoms with Crippen LogP contribution < -0.4 is 0 Å². The molecule has 1 saturated carbocycles. The van der Waals surface area contributed by atoms with Crippen molar-refractivity contribution in [3.05, 3.63) is 29.6 Å². The third kappa shape index (κ3) is 2.64. The zero-order chi connectivity index (χ0) is 14.9.